The van der Waals surface area contributed by atoms with Crippen LogP contribution in [0.1, 0.15) is 31.3 Å². The van der Waals surface area contributed by atoms with Crippen molar-refractivity contribution in [2.45, 2.75) is 26.4 Å². The number of hydrogen-bond donors (Lipinski definition) is 2. The molecule has 0 amide bonds. The van der Waals surface area contributed by atoms with Gasteiger partial charge in [0.15, 0.2) is 5.96 Å². The van der Waals surface area contributed by atoms with Gasteiger partial charge in [-0.2, -0.15) is 4.37 Å². The molecule has 2 aromatic heterocycles. The number of anilines is 1. The summed E-state index contributed by atoms with van der Waals surface area (Å²) < 4.78 is 4.38. The van der Waals surface area contributed by atoms with Crippen LogP contribution in [0, 0.1) is 0 Å². The number of aromatic nitrogens is 3. The van der Waals surface area contributed by atoms with Crippen molar-refractivity contribution in [3.63, 3.8) is 0 Å². The molecule has 1 aliphatic rings. The Morgan fingerprint density at radius 1 is 1.26 bits per heavy atom. The Bertz CT molecular complexity index is 728. The predicted octanol–water partition coefficient (Wildman–Crippen LogP) is 1.32. The van der Waals surface area contributed by atoms with E-state index in [1.54, 1.807) is 12.4 Å². The molecule has 1 aliphatic heterocycles. The minimum atomic E-state index is -0.628. The van der Waals surface area contributed by atoms with E-state index in [0.717, 1.165) is 61.6 Å². The first-order valence-electron chi connectivity index (χ1n) is 9.40. The largest absolute Gasteiger partial charge is 0.386 e. The smallest absolute Gasteiger partial charge is 0.205 e. The molecule has 27 heavy (non-hydrogen) atoms. The lowest BCUT2D eigenvalue weighted by Crippen LogP contribution is -2.52. The van der Waals surface area contributed by atoms with E-state index in [9.17, 15) is 5.11 Å². The van der Waals surface area contributed by atoms with Gasteiger partial charge in [-0.1, -0.05) is 6.92 Å². The fourth-order valence-electron chi connectivity index (χ4n) is 2.92. The van der Waals surface area contributed by atoms with Crippen LogP contribution >= 0.6 is 11.5 Å². The van der Waals surface area contributed by atoms with Gasteiger partial charge in [0.2, 0.25) is 5.13 Å². The molecule has 0 bridgehead atoms. The fraction of sp³-hybridized carbons (Fsp3) is 0.556. The van der Waals surface area contributed by atoms with Crippen molar-refractivity contribution >= 4 is 22.6 Å². The van der Waals surface area contributed by atoms with Gasteiger partial charge in [0.1, 0.15) is 5.82 Å². The zero-order valence-corrected chi connectivity index (χ0v) is 16.7. The summed E-state index contributed by atoms with van der Waals surface area (Å²) in [6.07, 6.45) is 3.61. The van der Waals surface area contributed by atoms with Crippen LogP contribution in [0.3, 0.4) is 0 Å². The Labute approximate surface area is 164 Å². The van der Waals surface area contributed by atoms with E-state index in [1.807, 2.05) is 12.1 Å². The van der Waals surface area contributed by atoms with E-state index < -0.39 is 6.10 Å². The molecule has 146 valence electrons. The van der Waals surface area contributed by atoms with Crippen LogP contribution < -0.4 is 10.2 Å². The third-order valence-electron chi connectivity index (χ3n) is 4.46. The number of guanidine groups is 1. The molecule has 1 atom stereocenters. The number of aliphatic hydroxyl groups excluding tert-OH is 1. The number of pyridine rings is 1. The maximum Gasteiger partial charge on any atom is 0.205 e. The quantitative estimate of drug-likeness (QED) is 0.569. The Morgan fingerprint density at radius 3 is 2.63 bits per heavy atom. The van der Waals surface area contributed by atoms with Crippen LogP contribution in [0.4, 0.5) is 5.13 Å². The van der Waals surface area contributed by atoms with Crippen LogP contribution in [0.25, 0.3) is 0 Å². The molecule has 9 heteroatoms. The highest BCUT2D eigenvalue weighted by Crippen LogP contribution is 2.19. The summed E-state index contributed by atoms with van der Waals surface area (Å²) in [5.41, 5.74) is 0.831. The number of hydrogen-bond acceptors (Lipinski definition) is 7. The van der Waals surface area contributed by atoms with Crippen molar-refractivity contribution in [1.29, 1.82) is 0 Å². The first kappa shape index (κ1) is 19.5. The Morgan fingerprint density at radius 2 is 2.00 bits per heavy atom. The van der Waals surface area contributed by atoms with Gasteiger partial charge in [0.05, 0.1) is 12.6 Å². The first-order chi connectivity index (χ1) is 13.2. The summed E-state index contributed by atoms with van der Waals surface area (Å²) in [4.78, 5) is 17.7. The molecule has 1 fully saturated rings. The number of aryl methyl sites for hydroxylation is 1. The molecule has 8 nitrogen and oxygen atoms in total. The molecule has 0 saturated carbocycles. The van der Waals surface area contributed by atoms with Crippen LogP contribution in [0.5, 0.6) is 0 Å². The van der Waals surface area contributed by atoms with Crippen molar-refractivity contribution in [1.82, 2.24) is 24.6 Å². The van der Waals surface area contributed by atoms with Crippen molar-refractivity contribution in [3.05, 3.63) is 35.9 Å². The second kappa shape index (κ2) is 9.61. The average Bonchev–Trinajstić information content (AvgIpc) is 3.21. The highest BCUT2D eigenvalue weighted by Gasteiger charge is 2.22. The second-order valence-electron chi connectivity index (χ2n) is 6.31. The van der Waals surface area contributed by atoms with Crippen molar-refractivity contribution in [2.75, 3.05) is 44.2 Å². The van der Waals surface area contributed by atoms with Gasteiger partial charge in [0.25, 0.3) is 0 Å². The lowest BCUT2D eigenvalue weighted by Gasteiger charge is -2.36. The molecule has 1 unspecified atom stereocenters. The first-order valence-corrected chi connectivity index (χ1v) is 10.2. The fourth-order valence-corrected chi connectivity index (χ4v) is 3.72. The van der Waals surface area contributed by atoms with Gasteiger partial charge in [-0.3, -0.25) is 9.98 Å². The second-order valence-corrected chi connectivity index (χ2v) is 7.04. The monoisotopic (exact) mass is 389 g/mol. The Hall–Kier alpha value is -2.26. The summed E-state index contributed by atoms with van der Waals surface area (Å²) in [6, 6.07) is 3.64. The summed E-state index contributed by atoms with van der Waals surface area (Å²) in [5, 5.41) is 14.7. The normalized spacial score (nSPS) is 16.5. The minimum Gasteiger partial charge on any atom is -0.386 e. The molecular formula is C18H27N7OS. The SMILES string of the molecule is CCNC(=NCC(O)c1ccncc1)N1CCN(c2nc(CC)ns2)CC1. The van der Waals surface area contributed by atoms with Gasteiger partial charge in [-0.15, -0.1) is 0 Å². The lowest BCUT2D eigenvalue weighted by atomic mass is 10.1. The molecule has 2 N–H and O–H groups in total. The number of aliphatic imine (C=N–C) groups is 1. The molecule has 1 saturated heterocycles. The highest BCUT2D eigenvalue weighted by molar-refractivity contribution is 7.09. The maximum atomic E-state index is 10.3. The van der Waals surface area contributed by atoms with E-state index in [0.29, 0.717) is 6.54 Å². The third-order valence-corrected chi connectivity index (χ3v) is 5.28. The number of nitrogens with one attached hydrogen (secondary N) is 1. The van der Waals surface area contributed by atoms with E-state index >= 15 is 0 Å². The highest BCUT2D eigenvalue weighted by atomic mass is 32.1. The zero-order chi connectivity index (χ0) is 19.1. The molecule has 3 heterocycles. The van der Waals surface area contributed by atoms with Gasteiger partial charge in [-0.25, -0.2) is 4.98 Å². The van der Waals surface area contributed by atoms with Crippen molar-refractivity contribution < 1.29 is 5.11 Å². The Balaban J connectivity index is 1.58. The van der Waals surface area contributed by atoms with Crippen LogP contribution in [-0.4, -0.2) is 69.6 Å². The molecule has 0 spiro atoms. The van der Waals surface area contributed by atoms with Gasteiger partial charge < -0.3 is 20.2 Å². The van der Waals surface area contributed by atoms with Crippen molar-refractivity contribution in [2.24, 2.45) is 4.99 Å². The van der Waals surface area contributed by atoms with Crippen LogP contribution in [0.15, 0.2) is 29.5 Å². The molecule has 2 aromatic rings. The lowest BCUT2D eigenvalue weighted by molar-refractivity contribution is 0.186. The minimum absolute atomic E-state index is 0.322. The standard InChI is InChI=1S/C18H27N7OS/c1-3-16-22-18(27-23-16)25-11-9-24(10-12-25)17(20-4-2)21-13-15(26)14-5-7-19-8-6-14/h5-8,15,26H,3-4,9-13H2,1-2H3,(H,20,21). The number of piperazine rings is 1. The van der Waals surface area contributed by atoms with E-state index in [2.05, 4.69) is 48.3 Å². The topological polar surface area (TPSA) is 89.8 Å². The van der Waals surface area contributed by atoms with Gasteiger partial charge >= 0.3 is 0 Å². The van der Waals surface area contributed by atoms with Crippen LogP contribution in [-0.2, 0) is 6.42 Å². The predicted molar refractivity (Wildman–Crippen MR) is 108 cm³/mol. The molecule has 0 radical (unpaired) electrons. The molecular weight excluding hydrogens is 362 g/mol. The molecule has 3 rings (SSSR count). The maximum absolute atomic E-state index is 10.3. The van der Waals surface area contributed by atoms with Crippen molar-refractivity contribution in [3.8, 4) is 0 Å². The molecule has 0 aliphatic carbocycles. The summed E-state index contributed by atoms with van der Waals surface area (Å²) in [5.74, 6) is 1.76. The third kappa shape index (κ3) is 5.14. The number of rotatable bonds is 6. The van der Waals surface area contributed by atoms with E-state index in [-0.39, 0.29) is 0 Å². The van der Waals surface area contributed by atoms with E-state index in [1.165, 1.54) is 11.5 Å². The van der Waals surface area contributed by atoms with E-state index in [4.69, 9.17) is 0 Å². The van der Waals surface area contributed by atoms with Gasteiger partial charge in [-0.05, 0) is 24.6 Å². The summed E-state index contributed by atoms with van der Waals surface area (Å²) in [7, 11) is 0. The number of nitrogens with zero attached hydrogens (tertiary/aromatic N) is 6. The zero-order valence-electron chi connectivity index (χ0n) is 15.9. The summed E-state index contributed by atoms with van der Waals surface area (Å²) in [6.45, 7) is 8.73. The average molecular weight is 390 g/mol. The Kier molecular flexibility index (Phi) is 6.94. The summed E-state index contributed by atoms with van der Waals surface area (Å²) >= 11 is 1.47. The number of aliphatic hydroxyl groups is 1. The molecule has 0 aromatic carbocycles. The van der Waals surface area contributed by atoms with Crippen LogP contribution in [0.2, 0.25) is 0 Å². The van der Waals surface area contributed by atoms with Gasteiger partial charge in [0, 0.05) is 63.1 Å².